The van der Waals surface area contributed by atoms with Gasteiger partial charge in [0, 0.05) is 42.9 Å². The van der Waals surface area contributed by atoms with Crippen molar-refractivity contribution in [3.8, 4) is 11.5 Å². The topological polar surface area (TPSA) is 83.4 Å². The molecule has 3 aliphatic rings. The molecule has 2 aromatic heterocycles. The third kappa shape index (κ3) is 5.74. The van der Waals surface area contributed by atoms with Gasteiger partial charge in [-0.15, -0.1) is 22.0 Å². The van der Waals surface area contributed by atoms with Gasteiger partial charge in [0.2, 0.25) is 5.82 Å². The summed E-state index contributed by atoms with van der Waals surface area (Å²) >= 11 is 1.74. The van der Waals surface area contributed by atoms with E-state index in [4.69, 9.17) is 9.73 Å². The maximum Gasteiger partial charge on any atom is 0.451 e. The summed E-state index contributed by atoms with van der Waals surface area (Å²) in [4.78, 5) is 10.8. The molecule has 2 N–H and O–H groups in total. The third-order valence-corrected chi connectivity index (χ3v) is 9.35. The molecule has 1 atom stereocenters. The van der Waals surface area contributed by atoms with E-state index < -0.39 is 12.0 Å². The normalized spacial score (nSPS) is 19.8. The van der Waals surface area contributed by atoms with Gasteiger partial charge in [-0.3, -0.25) is 9.89 Å². The Morgan fingerprint density at radius 3 is 2.67 bits per heavy atom. The number of nitrogens with zero attached hydrogens (tertiary/aromatic N) is 5. The van der Waals surface area contributed by atoms with Crippen LogP contribution in [0.4, 0.5) is 18.9 Å². The number of halogens is 3. The van der Waals surface area contributed by atoms with E-state index in [9.17, 15) is 13.2 Å². The number of benzene rings is 2. The molecular weight excluding hydrogens is 563 g/mol. The summed E-state index contributed by atoms with van der Waals surface area (Å²) < 4.78 is 46.9. The lowest BCUT2D eigenvalue weighted by Gasteiger charge is -2.28. The summed E-state index contributed by atoms with van der Waals surface area (Å²) in [6, 6.07) is 16.7. The first-order valence-electron chi connectivity index (χ1n) is 14.5. The minimum absolute atomic E-state index is 0.148. The highest BCUT2D eigenvalue weighted by Crippen LogP contribution is 2.36. The molecule has 4 aromatic rings. The maximum atomic E-state index is 13.2. The SMILES string of the molecule is FC(F)(F)c1nnc2n1CCN(CC[C@H]1CSC(c3cc4cc(Oc5ccccc5)cc(NC5CCCC5)c4[nH]3)=N1)C2. The molecule has 1 saturated carbocycles. The first-order valence-corrected chi connectivity index (χ1v) is 15.5. The lowest BCUT2D eigenvalue weighted by atomic mass is 10.1. The standard InChI is InChI=1S/C30H32F3N7OS/c31-30(32,33)29-38-37-26-17-39(12-13-40(26)29)11-10-21-18-42-28(35-21)25-15-19-14-23(41-22-8-2-1-3-9-22)16-24(27(19)36-25)34-20-6-4-5-7-20/h1-3,8-9,14-16,20-21,34,36H,4-7,10-13,17-18H2/t21-/m0/s1. The van der Waals surface area contributed by atoms with Crippen LogP contribution < -0.4 is 10.1 Å². The predicted octanol–water partition coefficient (Wildman–Crippen LogP) is 6.69. The van der Waals surface area contributed by atoms with Gasteiger partial charge in [-0.1, -0.05) is 31.0 Å². The number of alkyl halides is 3. The summed E-state index contributed by atoms with van der Waals surface area (Å²) in [5.41, 5.74) is 3.10. The molecule has 2 aromatic carbocycles. The average molecular weight is 596 g/mol. The maximum absolute atomic E-state index is 13.2. The van der Waals surface area contributed by atoms with Crippen LogP contribution in [0.3, 0.4) is 0 Å². The number of para-hydroxylation sites is 1. The number of aliphatic imine (C=N–C) groups is 1. The van der Waals surface area contributed by atoms with Crippen molar-refractivity contribution in [1.82, 2.24) is 24.6 Å². The molecule has 8 nitrogen and oxygen atoms in total. The Morgan fingerprint density at radius 2 is 1.86 bits per heavy atom. The van der Waals surface area contributed by atoms with Gasteiger partial charge < -0.3 is 19.6 Å². The quantitative estimate of drug-likeness (QED) is 0.236. The van der Waals surface area contributed by atoms with Crippen molar-refractivity contribution in [3.63, 3.8) is 0 Å². The molecular formula is C30H32F3N7OS. The Balaban J connectivity index is 1.06. The molecule has 0 bridgehead atoms. The number of ether oxygens (including phenoxy) is 1. The number of hydrogen-bond donors (Lipinski definition) is 2. The number of rotatable bonds is 8. The number of aromatic nitrogens is 4. The van der Waals surface area contributed by atoms with E-state index in [2.05, 4.69) is 43.6 Å². The highest BCUT2D eigenvalue weighted by Gasteiger charge is 2.39. The lowest BCUT2D eigenvalue weighted by Crippen LogP contribution is -2.36. The second-order valence-electron chi connectivity index (χ2n) is 11.2. The van der Waals surface area contributed by atoms with Crippen LogP contribution in [0.15, 0.2) is 53.5 Å². The summed E-state index contributed by atoms with van der Waals surface area (Å²) in [5, 5.41) is 13.0. The van der Waals surface area contributed by atoms with Crippen LogP contribution in [0, 0.1) is 0 Å². The van der Waals surface area contributed by atoms with Gasteiger partial charge in [0.05, 0.1) is 29.5 Å². The average Bonchev–Trinajstić information content (AvgIpc) is 3.78. The number of nitrogens with one attached hydrogen (secondary N) is 2. The van der Waals surface area contributed by atoms with Gasteiger partial charge in [-0.25, -0.2) is 0 Å². The third-order valence-electron chi connectivity index (χ3n) is 8.20. The van der Waals surface area contributed by atoms with E-state index in [1.54, 1.807) is 11.8 Å². The summed E-state index contributed by atoms with van der Waals surface area (Å²) in [6.45, 7) is 1.90. The summed E-state index contributed by atoms with van der Waals surface area (Å²) in [6.07, 6.45) is 1.19. The monoisotopic (exact) mass is 595 g/mol. The van der Waals surface area contributed by atoms with Crippen LogP contribution in [-0.4, -0.2) is 60.6 Å². The van der Waals surface area contributed by atoms with Gasteiger partial charge >= 0.3 is 6.18 Å². The molecule has 0 unspecified atom stereocenters. The van der Waals surface area contributed by atoms with Crippen LogP contribution in [0.2, 0.25) is 0 Å². The van der Waals surface area contributed by atoms with Crippen LogP contribution >= 0.6 is 11.8 Å². The zero-order chi connectivity index (χ0) is 28.7. The van der Waals surface area contributed by atoms with Crippen molar-refractivity contribution < 1.29 is 17.9 Å². The lowest BCUT2D eigenvalue weighted by molar-refractivity contribution is -0.148. The molecule has 7 rings (SSSR count). The molecule has 0 radical (unpaired) electrons. The fourth-order valence-electron chi connectivity index (χ4n) is 6.07. The Morgan fingerprint density at radius 1 is 1.02 bits per heavy atom. The molecule has 12 heteroatoms. The fraction of sp³-hybridized carbons (Fsp3) is 0.433. The van der Waals surface area contributed by atoms with Gasteiger partial charge in [0.25, 0.3) is 0 Å². The van der Waals surface area contributed by atoms with Crippen LogP contribution in [0.5, 0.6) is 11.5 Å². The van der Waals surface area contributed by atoms with Crippen molar-refractivity contribution >= 4 is 33.4 Å². The highest BCUT2D eigenvalue weighted by atomic mass is 32.2. The van der Waals surface area contributed by atoms with Gasteiger partial charge in [-0.05, 0) is 43.5 Å². The van der Waals surface area contributed by atoms with Crippen molar-refractivity contribution in [2.75, 3.05) is 24.2 Å². The Hall–Kier alpha value is -3.51. The Labute approximate surface area is 245 Å². The Kier molecular flexibility index (Phi) is 7.35. The van der Waals surface area contributed by atoms with Crippen molar-refractivity contribution in [2.24, 2.45) is 4.99 Å². The molecule has 220 valence electrons. The number of fused-ring (bicyclic) bond motifs is 2. The minimum atomic E-state index is -4.48. The van der Waals surface area contributed by atoms with E-state index in [1.165, 1.54) is 30.3 Å². The number of H-pyrrole nitrogens is 1. The van der Waals surface area contributed by atoms with Gasteiger partial charge in [0.15, 0.2) is 0 Å². The molecule has 2 aliphatic heterocycles. The zero-order valence-corrected chi connectivity index (χ0v) is 23.8. The number of anilines is 1. The van der Waals surface area contributed by atoms with Crippen molar-refractivity contribution in [2.45, 2.75) is 63.5 Å². The first-order chi connectivity index (χ1) is 20.4. The van der Waals surface area contributed by atoms with Crippen LogP contribution in [0.1, 0.15) is 49.4 Å². The number of hydrogen-bond acceptors (Lipinski definition) is 7. The highest BCUT2D eigenvalue weighted by molar-refractivity contribution is 8.14. The summed E-state index contributed by atoms with van der Waals surface area (Å²) in [7, 11) is 0. The molecule has 0 spiro atoms. The molecule has 1 aliphatic carbocycles. The summed E-state index contributed by atoms with van der Waals surface area (Å²) in [5.74, 6) is 1.93. The zero-order valence-electron chi connectivity index (χ0n) is 23.0. The minimum Gasteiger partial charge on any atom is -0.457 e. The second kappa shape index (κ2) is 11.3. The van der Waals surface area contributed by atoms with Crippen molar-refractivity contribution in [3.05, 3.63) is 65.9 Å². The van der Waals surface area contributed by atoms with E-state index in [0.717, 1.165) is 57.5 Å². The first kappa shape index (κ1) is 27.3. The van der Waals surface area contributed by atoms with Crippen LogP contribution in [0.25, 0.3) is 10.9 Å². The molecule has 42 heavy (non-hydrogen) atoms. The van der Waals surface area contributed by atoms with Crippen LogP contribution in [-0.2, 0) is 19.3 Å². The molecule has 1 fully saturated rings. The van der Waals surface area contributed by atoms with Gasteiger partial charge in [0.1, 0.15) is 22.4 Å². The molecule has 0 amide bonds. The number of thioether (sulfide) groups is 1. The van der Waals surface area contributed by atoms with E-state index in [1.807, 2.05) is 30.3 Å². The van der Waals surface area contributed by atoms with E-state index >= 15 is 0 Å². The van der Waals surface area contributed by atoms with E-state index in [-0.39, 0.29) is 12.6 Å². The smallest absolute Gasteiger partial charge is 0.451 e. The molecule has 0 saturated heterocycles. The number of aromatic amines is 1. The second-order valence-corrected chi connectivity index (χ2v) is 12.2. The van der Waals surface area contributed by atoms with Crippen molar-refractivity contribution in [1.29, 1.82) is 0 Å². The molecule has 4 heterocycles. The van der Waals surface area contributed by atoms with Gasteiger partial charge in [-0.2, -0.15) is 13.2 Å². The van der Waals surface area contributed by atoms with E-state index in [0.29, 0.717) is 25.0 Å². The predicted molar refractivity (Wildman–Crippen MR) is 158 cm³/mol. The Bertz CT molecular complexity index is 1590. The fourth-order valence-corrected chi connectivity index (χ4v) is 7.15. The largest absolute Gasteiger partial charge is 0.457 e.